The highest BCUT2D eigenvalue weighted by Crippen LogP contribution is 2.22. The van der Waals surface area contributed by atoms with Crippen LogP contribution in [-0.4, -0.2) is 35.0 Å². The molecule has 2 aromatic carbocycles. The summed E-state index contributed by atoms with van der Waals surface area (Å²) in [5.74, 6) is 1.79. The van der Waals surface area contributed by atoms with E-state index >= 15 is 0 Å². The predicted molar refractivity (Wildman–Crippen MR) is 108 cm³/mol. The normalized spacial score (nSPS) is 12.2. The van der Waals surface area contributed by atoms with E-state index in [0.29, 0.717) is 6.54 Å². The lowest BCUT2D eigenvalue weighted by molar-refractivity contribution is -0.123. The third kappa shape index (κ3) is 4.45. The molecule has 0 aliphatic rings. The number of nitrogens with one attached hydrogen (secondary N) is 2. The van der Waals surface area contributed by atoms with Crippen molar-refractivity contribution in [1.29, 1.82) is 0 Å². The van der Waals surface area contributed by atoms with Crippen LogP contribution >= 0.6 is 11.8 Å². The average molecular weight is 369 g/mol. The number of aryl methyl sites for hydroxylation is 1. The summed E-state index contributed by atoms with van der Waals surface area (Å²) in [6.07, 6.45) is 3.58. The maximum atomic E-state index is 12.4. The first-order valence-electron chi connectivity index (χ1n) is 8.67. The van der Waals surface area contributed by atoms with Crippen LogP contribution in [0, 0.1) is 0 Å². The Morgan fingerprint density at radius 2 is 2.04 bits per heavy atom. The van der Waals surface area contributed by atoms with Gasteiger partial charge >= 0.3 is 0 Å². The van der Waals surface area contributed by atoms with E-state index < -0.39 is 0 Å². The Labute approximate surface area is 158 Å². The van der Waals surface area contributed by atoms with Crippen molar-refractivity contribution < 1.29 is 4.79 Å². The number of aromatic nitrogens is 2. The number of fused-ring (bicyclic) bond motifs is 1. The Kier molecular flexibility index (Phi) is 6.30. The lowest BCUT2D eigenvalue weighted by Crippen LogP contribution is -2.36. The Morgan fingerprint density at radius 1 is 1.23 bits per heavy atom. The Hall–Kier alpha value is -2.31. The number of amides is 1. The molecule has 0 radical (unpaired) electrons. The summed E-state index contributed by atoms with van der Waals surface area (Å²) in [4.78, 5) is 12.4. The van der Waals surface area contributed by atoms with E-state index in [9.17, 15) is 4.79 Å². The van der Waals surface area contributed by atoms with Gasteiger partial charge in [-0.2, -0.15) is 16.9 Å². The summed E-state index contributed by atoms with van der Waals surface area (Å²) in [5.41, 5.74) is 2.21. The minimum Gasteiger partial charge on any atom is -0.354 e. The van der Waals surface area contributed by atoms with Crippen LogP contribution in [0.25, 0.3) is 10.8 Å². The van der Waals surface area contributed by atoms with Gasteiger partial charge in [0.1, 0.15) is 6.04 Å². The third-order valence-electron chi connectivity index (χ3n) is 4.29. The monoisotopic (exact) mass is 368 g/mol. The van der Waals surface area contributed by atoms with Gasteiger partial charge in [0.25, 0.3) is 0 Å². The van der Waals surface area contributed by atoms with Crippen molar-refractivity contribution in [2.75, 3.05) is 19.3 Å². The first-order valence-corrected chi connectivity index (χ1v) is 9.82. The van der Waals surface area contributed by atoms with Gasteiger partial charge in [0, 0.05) is 36.9 Å². The molecule has 0 aliphatic heterocycles. The zero-order valence-corrected chi connectivity index (χ0v) is 15.9. The molecule has 1 aromatic heterocycles. The highest BCUT2D eigenvalue weighted by atomic mass is 32.2. The van der Waals surface area contributed by atoms with E-state index in [2.05, 4.69) is 58.2 Å². The zero-order valence-electron chi connectivity index (χ0n) is 15.1. The number of hydrogen-bond acceptors (Lipinski definition) is 4. The minimum atomic E-state index is -0.369. The molecule has 5 nitrogen and oxygen atoms in total. The van der Waals surface area contributed by atoms with E-state index in [0.717, 1.165) is 17.1 Å². The van der Waals surface area contributed by atoms with E-state index in [1.54, 1.807) is 17.9 Å². The minimum absolute atomic E-state index is 0.0220. The molecule has 0 spiro atoms. The molecule has 0 fully saturated rings. The molecule has 136 valence electrons. The number of hydrogen-bond donors (Lipinski definition) is 2. The second-order valence-corrected chi connectivity index (χ2v) is 7.26. The van der Waals surface area contributed by atoms with E-state index in [-0.39, 0.29) is 11.9 Å². The molecular formula is C20H24N4OS. The van der Waals surface area contributed by atoms with Crippen LogP contribution in [0.5, 0.6) is 0 Å². The molecule has 0 bridgehead atoms. The molecule has 0 saturated heterocycles. The lowest BCUT2D eigenvalue weighted by Gasteiger charge is -2.14. The van der Waals surface area contributed by atoms with Gasteiger partial charge < -0.3 is 10.6 Å². The topological polar surface area (TPSA) is 59.0 Å². The number of rotatable bonds is 8. The van der Waals surface area contributed by atoms with Crippen molar-refractivity contribution in [3.63, 3.8) is 0 Å². The Balaban J connectivity index is 1.47. The molecule has 26 heavy (non-hydrogen) atoms. The summed E-state index contributed by atoms with van der Waals surface area (Å²) in [6.45, 7) is 0.646. The summed E-state index contributed by atoms with van der Waals surface area (Å²) in [5, 5.41) is 12.8. The van der Waals surface area contributed by atoms with Crippen molar-refractivity contribution in [2.24, 2.45) is 7.05 Å². The predicted octanol–water partition coefficient (Wildman–Crippen LogP) is 2.88. The number of nitrogens with zero attached hydrogens (tertiary/aromatic N) is 2. The lowest BCUT2D eigenvalue weighted by atomic mass is 10.1. The fraction of sp³-hybridized carbons (Fsp3) is 0.300. The standard InChI is InChI=1S/C20H24N4OS/c1-21-19(17-12-23-24(2)13-17)20(25)22-10-11-26-14-16-8-5-7-15-6-3-4-9-18(15)16/h3-9,12-13,19,21H,10-11,14H2,1-2H3,(H,22,25). The van der Waals surface area contributed by atoms with Gasteiger partial charge in [-0.05, 0) is 23.4 Å². The summed E-state index contributed by atoms with van der Waals surface area (Å²) in [6, 6.07) is 14.5. The van der Waals surface area contributed by atoms with Gasteiger partial charge in [0.15, 0.2) is 0 Å². The van der Waals surface area contributed by atoms with E-state index in [1.165, 1.54) is 16.3 Å². The maximum absolute atomic E-state index is 12.4. The SMILES string of the molecule is CNC(C(=O)NCCSCc1cccc2ccccc12)c1cnn(C)c1. The van der Waals surface area contributed by atoms with Crippen molar-refractivity contribution in [3.05, 3.63) is 66.0 Å². The number of carbonyl (C=O) groups excluding carboxylic acids is 1. The van der Waals surface area contributed by atoms with Gasteiger partial charge in [-0.1, -0.05) is 42.5 Å². The summed E-state index contributed by atoms with van der Waals surface area (Å²) in [7, 11) is 3.63. The molecule has 0 aliphatic carbocycles. The van der Waals surface area contributed by atoms with Crippen LogP contribution in [0.2, 0.25) is 0 Å². The number of benzene rings is 2. The highest BCUT2D eigenvalue weighted by Gasteiger charge is 2.19. The third-order valence-corrected chi connectivity index (χ3v) is 5.30. The number of likely N-dealkylation sites (N-methyl/N-ethyl adjacent to an activating group) is 1. The molecular weight excluding hydrogens is 344 g/mol. The number of thioether (sulfide) groups is 1. The Morgan fingerprint density at radius 3 is 2.81 bits per heavy atom. The largest absolute Gasteiger partial charge is 0.354 e. The van der Waals surface area contributed by atoms with Gasteiger partial charge in [0.2, 0.25) is 5.91 Å². The van der Waals surface area contributed by atoms with Crippen molar-refractivity contribution in [2.45, 2.75) is 11.8 Å². The molecule has 1 atom stereocenters. The van der Waals surface area contributed by atoms with Crippen LogP contribution < -0.4 is 10.6 Å². The quantitative estimate of drug-likeness (QED) is 0.600. The Bertz CT molecular complexity index is 872. The van der Waals surface area contributed by atoms with Crippen molar-refractivity contribution in [1.82, 2.24) is 20.4 Å². The fourth-order valence-corrected chi connectivity index (χ4v) is 3.85. The molecule has 1 amide bonds. The average Bonchev–Trinajstić information content (AvgIpc) is 3.08. The molecule has 1 heterocycles. The van der Waals surface area contributed by atoms with Crippen LogP contribution in [0.1, 0.15) is 17.2 Å². The summed E-state index contributed by atoms with van der Waals surface area (Å²) < 4.78 is 1.70. The van der Waals surface area contributed by atoms with E-state index in [4.69, 9.17) is 0 Å². The summed E-state index contributed by atoms with van der Waals surface area (Å²) >= 11 is 1.83. The second kappa shape index (κ2) is 8.87. The van der Waals surface area contributed by atoms with Crippen molar-refractivity contribution >= 4 is 28.4 Å². The van der Waals surface area contributed by atoms with Gasteiger partial charge in [-0.15, -0.1) is 0 Å². The van der Waals surface area contributed by atoms with E-state index in [1.807, 2.05) is 25.0 Å². The molecule has 2 N–H and O–H groups in total. The number of carbonyl (C=O) groups is 1. The molecule has 3 aromatic rings. The maximum Gasteiger partial charge on any atom is 0.241 e. The van der Waals surface area contributed by atoms with Crippen LogP contribution in [-0.2, 0) is 17.6 Å². The first kappa shape index (κ1) is 18.5. The highest BCUT2D eigenvalue weighted by molar-refractivity contribution is 7.98. The first-order chi connectivity index (χ1) is 12.7. The van der Waals surface area contributed by atoms with Crippen LogP contribution in [0.3, 0.4) is 0 Å². The van der Waals surface area contributed by atoms with Gasteiger partial charge in [-0.25, -0.2) is 0 Å². The molecule has 1 unspecified atom stereocenters. The fourth-order valence-electron chi connectivity index (χ4n) is 2.99. The molecule has 3 rings (SSSR count). The second-order valence-electron chi connectivity index (χ2n) is 6.15. The zero-order chi connectivity index (χ0) is 18.4. The van der Waals surface area contributed by atoms with Gasteiger partial charge in [0.05, 0.1) is 6.20 Å². The molecule has 0 saturated carbocycles. The van der Waals surface area contributed by atoms with Crippen LogP contribution in [0.15, 0.2) is 54.9 Å². The molecule has 6 heteroatoms. The smallest absolute Gasteiger partial charge is 0.241 e. The van der Waals surface area contributed by atoms with Gasteiger partial charge in [-0.3, -0.25) is 9.48 Å². The van der Waals surface area contributed by atoms with Crippen LogP contribution in [0.4, 0.5) is 0 Å². The van der Waals surface area contributed by atoms with Crippen molar-refractivity contribution in [3.8, 4) is 0 Å².